The number of nitrogens with one attached hydrogen (secondary N) is 1. The molecule has 1 aliphatic rings. The normalized spacial score (nSPS) is 18.9. The van der Waals surface area contributed by atoms with E-state index in [0.717, 1.165) is 33.2 Å². The molecule has 0 spiro atoms. The maximum atomic E-state index is 13.5. The predicted molar refractivity (Wildman–Crippen MR) is 165 cm³/mol. The number of hydrogen-bond donors (Lipinski definition) is 1. The van der Waals surface area contributed by atoms with Crippen molar-refractivity contribution >= 4 is 44.3 Å². The highest BCUT2D eigenvalue weighted by Crippen LogP contribution is 2.33. The number of amides is 1. The van der Waals surface area contributed by atoms with Crippen molar-refractivity contribution in [1.82, 2.24) is 24.4 Å². The van der Waals surface area contributed by atoms with Gasteiger partial charge in [0, 0.05) is 48.2 Å². The zero-order chi connectivity index (χ0) is 29.4. The number of hydrogen-bond acceptors (Lipinski definition) is 6. The minimum Gasteiger partial charge on any atom is -0.345 e. The van der Waals surface area contributed by atoms with Gasteiger partial charge in [0.2, 0.25) is 5.91 Å². The number of aryl methyl sites for hydroxylation is 3. The van der Waals surface area contributed by atoms with Crippen LogP contribution >= 0.6 is 15.9 Å². The van der Waals surface area contributed by atoms with Crippen molar-refractivity contribution in [2.24, 2.45) is 5.92 Å². The number of aromatic nitrogens is 4. The number of Topliss-reactive ketones (excluding diaryl/α,β-unsaturated/α-hetero) is 1. The summed E-state index contributed by atoms with van der Waals surface area (Å²) in [5.74, 6) is 4.19. The number of fused-ring (bicyclic) bond motifs is 1. The van der Waals surface area contributed by atoms with Crippen LogP contribution in [0.15, 0.2) is 47.5 Å². The molecule has 4 aromatic rings. The molecular formula is C32H33BrN6O2. The van der Waals surface area contributed by atoms with E-state index in [1.54, 1.807) is 19.3 Å². The van der Waals surface area contributed by atoms with Gasteiger partial charge in [0.05, 0.1) is 17.6 Å². The molecular weight excluding hydrogens is 580 g/mol. The Hall–Kier alpha value is -3.87. The van der Waals surface area contributed by atoms with E-state index in [4.69, 9.17) is 6.42 Å². The molecule has 1 fully saturated rings. The second-order valence-corrected chi connectivity index (χ2v) is 11.7. The number of likely N-dealkylation sites (tertiary alicyclic amines) is 1. The van der Waals surface area contributed by atoms with Gasteiger partial charge in [0.15, 0.2) is 5.78 Å². The molecule has 0 aliphatic carbocycles. The average Bonchev–Trinajstić information content (AvgIpc) is 3.47. The smallest absolute Gasteiger partial charge is 0.242 e. The van der Waals surface area contributed by atoms with Crippen LogP contribution in [0.1, 0.15) is 47.6 Å². The maximum absolute atomic E-state index is 13.5. The van der Waals surface area contributed by atoms with Crippen LogP contribution in [-0.2, 0) is 11.3 Å². The van der Waals surface area contributed by atoms with Crippen molar-refractivity contribution < 1.29 is 9.59 Å². The van der Waals surface area contributed by atoms with Gasteiger partial charge in [-0.15, -0.1) is 6.42 Å². The van der Waals surface area contributed by atoms with Gasteiger partial charge in [0.25, 0.3) is 0 Å². The van der Waals surface area contributed by atoms with Crippen molar-refractivity contribution in [2.75, 3.05) is 11.9 Å². The monoisotopic (exact) mass is 612 g/mol. The number of carbonyl (C=O) groups is 2. The molecule has 9 heteroatoms. The molecule has 1 amide bonds. The topological polar surface area (TPSA) is 93.0 Å². The molecule has 0 saturated carbocycles. The fourth-order valence-corrected chi connectivity index (χ4v) is 6.14. The predicted octanol–water partition coefficient (Wildman–Crippen LogP) is 5.73. The Labute approximate surface area is 248 Å². The Morgan fingerprint density at radius 3 is 2.51 bits per heavy atom. The summed E-state index contributed by atoms with van der Waals surface area (Å²) in [6.07, 6.45) is 12.2. The minimum atomic E-state index is -0.394. The molecule has 3 aromatic heterocycles. The molecule has 3 atom stereocenters. The molecule has 41 heavy (non-hydrogen) atoms. The summed E-state index contributed by atoms with van der Waals surface area (Å²) in [6.45, 7) is 10.6. The van der Waals surface area contributed by atoms with E-state index in [1.165, 1.54) is 0 Å². The summed E-state index contributed by atoms with van der Waals surface area (Å²) >= 11 is 3.39. The number of benzene rings is 1. The van der Waals surface area contributed by atoms with Crippen LogP contribution in [0.5, 0.6) is 0 Å². The van der Waals surface area contributed by atoms with Crippen molar-refractivity contribution in [1.29, 1.82) is 0 Å². The van der Waals surface area contributed by atoms with Crippen molar-refractivity contribution in [3.63, 3.8) is 0 Å². The molecule has 5 rings (SSSR count). The van der Waals surface area contributed by atoms with E-state index >= 15 is 0 Å². The molecule has 0 bridgehead atoms. The van der Waals surface area contributed by atoms with Gasteiger partial charge in [-0.2, -0.15) is 0 Å². The summed E-state index contributed by atoms with van der Waals surface area (Å²) in [5, 5.41) is 3.91. The Morgan fingerprint density at radius 1 is 1.10 bits per heavy atom. The third kappa shape index (κ3) is 5.67. The number of pyridine rings is 1. The molecule has 0 radical (unpaired) electrons. The number of anilines is 1. The summed E-state index contributed by atoms with van der Waals surface area (Å²) in [5.41, 5.74) is 5.44. The minimum absolute atomic E-state index is 0.00380. The van der Waals surface area contributed by atoms with Gasteiger partial charge in [0.1, 0.15) is 16.2 Å². The summed E-state index contributed by atoms with van der Waals surface area (Å²) < 4.78 is 2.77. The fourth-order valence-electron chi connectivity index (χ4n) is 5.83. The van der Waals surface area contributed by atoms with Gasteiger partial charge in [-0.3, -0.25) is 14.5 Å². The maximum Gasteiger partial charge on any atom is 0.242 e. The van der Waals surface area contributed by atoms with Crippen LogP contribution < -0.4 is 5.32 Å². The van der Waals surface area contributed by atoms with E-state index in [9.17, 15) is 9.59 Å². The van der Waals surface area contributed by atoms with Gasteiger partial charge in [-0.05, 0) is 90.9 Å². The Morgan fingerprint density at radius 2 is 1.83 bits per heavy atom. The molecule has 210 valence electrons. The number of nitrogens with zero attached hydrogens (tertiary/aromatic N) is 5. The highest BCUT2D eigenvalue weighted by atomic mass is 79.9. The summed E-state index contributed by atoms with van der Waals surface area (Å²) in [6, 6.07) is 7.33. The zero-order valence-corrected chi connectivity index (χ0v) is 25.5. The lowest BCUT2D eigenvalue weighted by Gasteiger charge is -2.28. The van der Waals surface area contributed by atoms with Crippen LogP contribution in [0.4, 0.5) is 5.82 Å². The lowest BCUT2D eigenvalue weighted by Crippen LogP contribution is -2.44. The fraction of sp³-hybridized carbons (Fsp3) is 0.344. The largest absolute Gasteiger partial charge is 0.345 e. The van der Waals surface area contributed by atoms with Crippen LogP contribution in [0.3, 0.4) is 0 Å². The number of rotatable bonds is 7. The van der Waals surface area contributed by atoms with Crippen LogP contribution in [0, 0.1) is 39.0 Å². The van der Waals surface area contributed by atoms with E-state index in [2.05, 4.69) is 64.6 Å². The molecule has 4 heterocycles. The lowest BCUT2D eigenvalue weighted by atomic mass is 10.0. The standard InChI is InChI=1S/C32H33BrN6O2/c1-7-27-19(3)13-28(32(41)37-31-18(2)8-9-29(33)36-31)39(27)11-10-38-17-26(21(5)40)25-14-23(12-20(4)30(25)38)24-15-34-22(6)35-16-24/h1,8-9,12,14-17,19,27-28H,10-11,13H2,2-6H3,(H,36,37,41)/t19-,27+,28-/m0/s1. The van der Waals surface area contributed by atoms with Gasteiger partial charge >= 0.3 is 0 Å². The highest BCUT2D eigenvalue weighted by Gasteiger charge is 2.41. The van der Waals surface area contributed by atoms with Crippen molar-refractivity contribution in [3.05, 3.63) is 70.0 Å². The van der Waals surface area contributed by atoms with Crippen LogP contribution in [0.2, 0.25) is 0 Å². The van der Waals surface area contributed by atoms with Crippen LogP contribution in [-0.4, -0.2) is 54.7 Å². The second-order valence-electron chi connectivity index (χ2n) is 10.9. The molecule has 1 saturated heterocycles. The third-order valence-electron chi connectivity index (χ3n) is 7.93. The SMILES string of the molecule is C#C[C@@H]1[C@@H](C)C[C@@H](C(=O)Nc2nc(Br)ccc2C)N1CCn1cc(C(C)=O)c2cc(-c3cnc(C)nc3)cc(C)c21. The molecule has 0 unspecified atom stereocenters. The van der Waals surface area contributed by atoms with Gasteiger partial charge < -0.3 is 9.88 Å². The molecule has 1 N–H and O–H groups in total. The Kier molecular flexibility index (Phi) is 8.07. The Balaban J connectivity index is 1.45. The number of halogens is 1. The molecule has 1 aromatic carbocycles. The second kappa shape index (κ2) is 11.6. The number of terminal acetylenes is 1. The quantitative estimate of drug-likeness (QED) is 0.163. The van der Waals surface area contributed by atoms with E-state index in [0.29, 0.717) is 41.3 Å². The van der Waals surface area contributed by atoms with Crippen molar-refractivity contribution in [3.8, 4) is 23.5 Å². The Bertz CT molecular complexity index is 1690. The van der Waals surface area contributed by atoms with E-state index in [-0.39, 0.29) is 23.7 Å². The van der Waals surface area contributed by atoms with E-state index < -0.39 is 6.04 Å². The zero-order valence-electron chi connectivity index (χ0n) is 23.9. The third-order valence-corrected chi connectivity index (χ3v) is 8.37. The number of ketones is 1. The van der Waals surface area contributed by atoms with Crippen LogP contribution in [0.25, 0.3) is 22.0 Å². The first-order valence-electron chi connectivity index (χ1n) is 13.7. The van der Waals surface area contributed by atoms with E-state index in [1.807, 2.05) is 45.2 Å². The summed E-state index contributed by atoms with van der Waals surface area (Å²) in [4.78, 5) is 41.5. The molecule has 1 aliphatic heterocycles. The van der Waals surface area contributed by atoms with Gasteiger partial charge in [-0.25, -0.2) is 15.0 Å². The molecule has 8 nitrogen and oxygen atoms in total. The lowest BCUT2D eigenvalue weighted by molar-refractivity contribution is -0.120. The van der Waals surface area contributed by atoms with Crippen molar-refractivity contribution in [2.45, 2.75) is 59.7 Å². The first-order chi connectivity index (χ1) is 19.6. The first-order valence-corrected chi connectivity index (χ1v) is 14.5. The highest BCUT2D eigenvalue weighted by molar-refractivity contribution is 9.10. The average molecular weight is 614 g/mol. The number of carbonyl (C=O) groups excluding carboxylic acids is 2. The summed E-state index contributed by atoms with van der Waals surface area (Å²) in [7, 11) is 0. The first kappa shape index (κ1) is 28.7. The van der Waals surface area contributed by atoms with Gasteiger partial charge in [-0.1, -0.05) is 18.9 Å².